The summed E-state index contributed by atoms with van der Waals surface area (Å²) >= 11 is 7.32. The number of methoxy groups -OCH3 is 1. The van der Waals surface area contributed by atoms with E-state index in [1.807, 2.05) is 13.0 Å². The number of amides is 2. The molecule has 128 valence electrons. The zero-order valence-electron chi connectivity index (χ0n) is 13.5. The first-order chi connectivity index (χ1) is 11.3. The van der Waals surface area contributed by atoms with Gasteiger partial charge < -0.3 is 21.1 Å². The quantitative estimate of drug-likeness (QED) is 0.730. The lowest BCUT2D eigenvalue weighted by atomic mass is 10.2. The van der Waals surface area contributed by atoms with Crippen LogP contribution in [0.4, 0.5) is 10.7 Å². The molecule has 0 bridgehead atoms. The lowest BCUT2D eigenvalue weighted by Crippen LogP contribution is -2.32. The molecule has 8 heteroatoms. The number of ether oxygens (including phenoxy) is 1. The van der Waals surface area contributed by atoms with Gasteiger partial charge in [-0.25, -0.2) is 0 Å². The summed E-state index contributed by atoms with van der Waals surface area (Å²) in [7, 11) is 1.53. The van der Waals surface area contributed by atoms with Crippen molar-refractivity contribution >= 4 is 45.4 Å². The second kappa shape index (κ2) is 7.55. The number of nitrogens with two attached hydrogens (primary N) is 1. The van der Waals surface area contributed by atoms with Crippen LogP contribution in [0.5, 0.6) is 5.75 Å². The van der Waals surface area contributed by atoms with Gasteiger partial charge in [0.25, 0.3) is 5.91 Å². The van der Waals surface area contributed by atoms with E-state index in [1.165, 1.54) is 18.4 Å². The maximum absolute atomic E-state index is 12.4. The molecule has 0 aliphatic heterocycles. The van der Waals surface area contributed by atoms with Crippen molar-refractivity contribution in [3.63, 3.8) is 0 Å². The van der Waals surface area contributed by atoms with E-state index < -0.39 is 11.9 Å². The van der Waals surface area contributed by atoms with Crippen molar-refractivity contribution in [3.05, 3.63) is 39.7 Å². The molecule has 0 aliphatic rings. The van der Waals surface area contributed by atoms with Crippen LogP contribution in [0.15, 0.2) is 23.6 Å². The van der Waals surface area contributed by atoms with Crippen LogP contribution in [0.2, 0.25) is 5.02 Å². The van der Waals surface area contributed by atoms with Gasteiger partial charge in [-0.15, -0.1) is 11.3 Å². The zero-order chi connectivity index (χ0) is 17.9. The third-order valence-corrected chi connectivity index (χ3v) is 4.65. The van der Waals surface area contributed by atoms with E-state index in [0.717, 1.165) is 5.56 Å². The Morgan fingerprint density at radius 3 is 2.71 bits per heavy atom. The molecule has 0 saturated heterocycles. The highest BCUT2D eigenvalue weighted by atomic mass is 35.5. The Bertz CT molecular complexity index is 776. The molecule has 4 N–H and O–H groups in total. The molecule has 0 unspecified atom stereocenters. The molecule has 6 nitrogen and oxygen atoms in total. The second-order valence-electron chi connectivity index (χ2n) is 5.18. The van der Waals surface area contributed by atoms with Crippen LogP contribution in [0.25, 0.3) is 0 Å². The number of benzene rings is 1. The Morgan fingerprint density at radius 1 is 1.38 bits per heavy atom. The van der Waals surface area contributed by atoms with Crippen molar-refractivity contribution in [2.45, 2.75) is 19.9 Å². The van der Waals surface area contributed by atoms with Gasteiger partial charge >= 0.3 is 0 Å². The van der Waals surface area contributed by atoms with E-state index in [9.17, 15) is 9.59 Å². The van der Waals surface area contributed by atoms with E-state index in [-0.39, 0.29) is 5.91 Å². The monoisotopic (exact) mass is 367 g/mol. The smallest absolute Gasteiger partial charge is 0.251 e. The fourth-order valence-electron chi connectivity index (χ4n) is 2.06. The minimum absolute atomic E-state index is 0.292. The summed E-state index contributed by atoms with van der Waals surface area (Å²) in [6, 6.07) is 4.51. The fraction of sp³-hybridized carbons (Fsp3) is 0.250. The SMILES string of the molecule is COc1cc(Cl)c(C)cc1N[C@H](C)C(=O)Nc1sccc1C(N)=O. The summed E-state index contributed by atoms with van der Waals surface area (Å²) in [6.45, 7) is 3.57. The summed E-state index contributed by atoms with van der Waals surface area (Å²) < 4.78 is 5.28. The molecule has 2 aromatic rings. The van der Waals surface area contributed by atoms with Crippen molar-refractivity contribution < 1.29 is 14.3 Å². The van der Waals surface area contributed by atoms with Crippen molar-refractivity contribution in [1.29, 1.82) is 0 Å². The Hall–Kier alpha value is -2.25. The number of carbonyl (C=O) groups excluding carboxylic acids is 2. The van der Waals surface area contributed by atoms with Crippen LogP contribution in [0.1, 0.15) is 22.8 Å². The standard InChI is InChI=1S/C16H18ClN3O3S/c1-8-6-12(13(23-3)7-11(8)17)19-9(2)15(22)20-16-10(14(18)21)4-5-24-16/h4-7,9,19H,1-3H3,(H2,18,21)(H,20,22)/t9-/m1/s1. The lowest BCUT2D eigenvalue weighted by molar-refractivity contribution is -0.116. The van der Waals surface area contributed by atoms with E-state index in [4.69, 9.17) is 22.1 Å². The predicted molar refractivity (Wildman–Crippen MR) is 97.3 cm³/mol. The molecule has 1 heterocycles. The molecular weight excluding hydrogens is 350 g/mol. The number of thiophene rings is 1. The van der Waals surface area contributed by atoms with E-state index >= 15 is 0 Å². The molecule has 0 radical (unpaired) electrons. The maximum atomic E-state index is 12.4. The Kier molecular flexibility index (Phi) is 5.69. The van der Waals surface area contributed by atoms with Gasteiger partial charge in [-0.1, -0.05) is 11.6 Å². The van der Waals surface area contributed by atoms with Crippen molar-refractivity contribution in [2.75, 3.05) is 17.7 Å². The molecular formula is C16H18ClN3O3S. The van der Waals surface area contributed by atoms with Crippen LogP contribution in [0.3, 0.4) is 0 Å². The van der Waals surface area contributed by atoms with Gasteiger partial charge in [0.15, 0.2) is 0 Å². The van der Waals surface area contributed by atoms with Gasteiger partial charge in [-0.05, 0) is 36.9 Å². The number of carbonyl (C=O) groups is 2. The Balaban J connectivity index is 2.13. The topological polar surface area (TPSA) is 93.4 Å². The summed E-state index contributed by atoms with van der Waals surface area (Å²) in [5.41, 5.74) is 7.09. The normalized spacial score (nSPS) is 11.7. The van der Waals surface area contributed by atoms with E-state index in [2.05, 4.69) is 10.6 Å². The number of rotatable bonds is 6. The first kappa shape index (κ1) is 18.1. The molecule has 0 fully saturated rings. The van der Waals surface area contributed by atoms with E-state index in [1.54, 1.807) is 24.4 Å². The third-order valence-electron chi connectivity index (χ3n) is 3.41. The average Bonchev–Trinajstić information content (AvgIpc) is 2.98. The van der Waals surface area contributed by atoms with Crippen LogP contribution < -0.4 is 21.1 Å². The van der Waals surface area contributed by atoms with Gasteiger partial charge in [0.05, 0.1) is 18.4 Å². The molecule has 2 amide bonds. The first-order valence-corrected chi connectivity index (χ1v) is 8.38. The van der Waals surface area contributed by atoms with Gasteiger partial charge in [0.1, 0.15) is 16.8 Å². The molecule has 0 aliphatic carbocycles. The summed E-state index contributed by atoms with van der Waals surface area (Å²) in [4.78, 5) is 23.7. The fourth-order valence-corrected chi connectivity index (χ4v) is 3.01. The average molecular weight is 368 g/mol. The van der Waals surface area contributed by atoms with Gasteiger partial charge in [-0.3, -0.25) is 9.59 Å². The van der Waals surface area contributed by atoms with Crippen molar-refractivity contribution in [2.24, 2.45) is 5.73 Å². The Morgan fingerprint density at radius 2 is 2.08 bits per heavy atom. The maximum Gasteiger partial charge on any atom is 0.251 e. The highest BCUT2D eigenvalue weighted by Gasteiger charge is 2.19. The summed E-state index contributed by atoms with van der Waals surface area (Å²) in [5.74, 6) is -0.337. The minimum Gasteiger partial charge on any atom is -0.495 e. The first-order valence-electron chi connectivity index (χ1n) is 7.12. The molecule has 1 aromatic carbocycles. The van der Waals surface area contributed by atoms with Crippen LogP contribution in [-0.4, -0.2) is 25.0 Å². The largest absolute Gasteiger partial charge is 0.495 e. The van der Waals surface area contributed by atoms with Gasteiger partial charge in [-0.2, -0.15) is 0 Å². The lowest BCUT2D eigenvalue weighted by Gasteiger charge is -2.18. The number of halogens is 1. The molecule has 1 atom stereocenters. The molecule has 0 spiro atoms. The van der Waals surface area contributed by atoms with Crippen LogP contribution in [-0.2, 0) is 4.79 Å². The number of aryl methyl sites for hydroxylation is 1. The van der Waals surface area contributed by atoms with Crippen LogP contribution >= 0.6 is 22.9 Å². The predicted octanol–water partition coefficient (Wildman–Crippen LogP) is 3.26. The third kappa shape index (κ3) is 3.98. The number of hydrogen-bond acceptors (Lipinski definition) is 5. The summed E-state index contributed by atoms with van der Waals surface area (Å²) in [5, 5.41) is 8.50. The van der Waals surface area contributed by atoms with Gasteiger partial charge in [0, 0.05) is 11.1 Å². The highest BCUT2D eigenvalue weighted by molar-refractivity contribution is 7.14. The number of hydrogen-bond donors (Lipinski definition) is 3. The molecule has 24 heavy (non-hydrogen) atoms. The van der Waals surface area contributed by atoms with Crippen LogP contribution in [0, 0.1) is 6.92 Å². The zero-order valence-corrected chi connectivity index (χ0v) is 15.0. The molecule has 1 aromatic heterocycles. The highest BCUT2D eigenvalue weighted by Crippen LogP contribution is 2.31. The van der Waals surface area contributed by atoms with Gasteiger partial charge in [0.2, 0.25) is 5.91 Å². The number of nitrogens with one attached hydrogen (secondary N) is 2. The Labute approximate surface area is 148 Å². The second-order valence-corrected chi connectivity index (χ2v) is 6.51. The van der Waals surface area contributed by atoms with E-state index in [0.29, 0.717) is 27.0 Å². The van der Waals surface area contributed by atoms with Crippen molar-refractivity contribution in [3.8, 4) is 5.75 Å². The number of primary amides is 1. The minimum atomic E-state index is -0.581. The number of anilines is 2. The summed E-state index contributed by atoms with van der Waals surface area (Å²) in [6.07, 6.45) is 0. The van der Waals surface area contributed by atoms with Crippen molar-refractivity contribution in [1.82, 2.24) is 0 Å². The molecule has 2 rings (SSSR count). The molecule has 0 saturated carbocycles.